The minimum absolute atomic E-state index is 0.116. The highest BCUT2D eigenvalue weighted by atomic mass is 32.1. The number of unbranched alkanes of at least 4 members (excludes halogenated alkanes) is 1. The number of anilines is 1. The number of nitrogens with one attached hydrogen (secondary N) is 3. The Kier molecular flexibility index (Phi) is 15.4. The van der Waals surface area contributed by atoms with E-state index >= 15 is 0 Å². The number of aryl methyl sites for hydroxylation is 2. The fourth-order valence-corrected chi connectivity index (χ4v) is 6.03. The van der Waals surface area contributed by atoms with Crippen LogP contribution in [0.2, 0.25) is 0 Å². The number of ether oxygens (including phenoxy) is 2. The lowest BCUT2D eigenvalue weighted by molar-refractivity contribution is -0.124. The number of carbonyl (C=O) groups is 3. The molecular weight excluding hydrogens is 552 g/mol. The van der Waals surface area contributed by atoms with Crippen molar-refractivity contribution in [2.24, 2.45) is 5.92 Å². The summed E-state index contributed by atoms with van der Waals surface area (Å²) in [5.74, 6) is -0.641. The molecule has 1 unspecified atom stereocenters. The van der Waals surface area contributed by atoms with E-state index in [1.807, 2.05) is 0 Å². The first-order valence-electron chi connectivity index (χ1n) is 15.7. The zero-order valence-corrected chi connectivity index (χ0v) is 26.1. The van der Waals surface area contributed by atoms with Crippen LogP contribution in [0, 0.1) is 5.92 Å². The molecule has 0 aliphatic heterocycles. The quantitative estimate of drug-likeness (QED) is 0.170. The van der Waals surface area contributed by atoms with Crippen molar-refractivity contribution >= 4 is 34.3 Å². The van der Waals surface area contributed by atoms with Gasteiger partial charge in [-0.2, -0.15) is 0 Å². The summed E-state index contributed by atoms with van der Waals surface area (Å²) in [5.41, 5.74) is 6.50. The minimum Gasteiger partial charge on any atom is -0.483 e. The Morgan fingerprint density at radius 2 is 1.67 bits per heavy atom. The molecule has 2 aromatic rings. The third kappa shape index (κ3) is 12.1. The summed E-state index contributed by atoms with van der Waals surface area (Å²) in [4.78, 5) is 43.5. The van der Waals surface area contributed by atoms with Crippen molar-refractivity contribution in [2.45, 2.75) is 104 Å². The second-order valence-corrected chi connectivity index (χ2v) is 12.1. The summed E-state index contributed by atoms with van der Waals surface area (Å²) in [6, 6.07) is 6.71. The normalized spacial score (nSPS) is 14.9. The van der Waals surface area contributed by atoms with Gasteiger partial charge in [0.05, 0.1) is 18.8 Å². The highest BCUT2D eigenvalue weighted by Crippen LogP contribution is 2.27. The Hall–Kier alpha value is -2.98. The number of hydrogen-bond acceptors (Lipinski definition) is 8. The van der Waals surface area contributed by atoms with Crippen LogP contribution in [0.1, 0.15) is 112 Å². The van der Waals surface area contributed by atoms with Gasteiger partial charge < -0.3 is 14.8 Å². The van der Waals surface area contributed by atoms with Crippen LogP contribution in [0.5, 0.6) is 5.75 Å². The number of rotatable bonds is 14. The SMILES string of the molecule is CCCCC(CC)COC(=O)c1ccccc1OCC(=O)NNCC(=O)Nc1nc2c(s1)CCCCCCCCCC2. The van der Waals surface area contributed by atoms with Crippen LogP contribution in [0.15, 0.2) is 24.3 Å². The van der Waals surface area contributed by atoms with E-state index < -0.39 is 11.9 Å². The molecule has 1 aliphatic rings. The summed E-state index contributed by atoms with van der Waals surface area (Å²) in [6.07, 6.45) is 16.1. The van der Waals surface area contributed by atoms with E-state index in [0.29, 0.717) is 17.7 Å². The first kappa shape index (κ1) is 33.5. The van der Waals surface area contributed by atoms with Gasteiger partial charge in [0.15, 0.2) is 11.7 Å². The molecule has 1 aliphatic carbocycles. The minimum atomic E-state index is -0.479. The van der Waals surface area contributed by atoms with E-state index in [9.17, 15) is 14.4 Å². The maximum atomic E-state index is 12.7. The maximum Gasteiger partial charge on any atom is 0.341 e. The molecule has 232 valence electrons. The molecule has 9 nitrogen and oxygen atoms in total. The number of nitrogens with zero attached hydrogens (tertiary/aromatic N) is 1. The average molecular weight is 601 g/mol. The summed E-state index contributed by atoms with van der Waals surface area (Å²) in [7, 11) is 0. The predicted octanol–water partition coefficient (Wildman–Crippen LogP) is 6.37. The third-order valence-corrected chi connectivity index (χ3v) is 8.60. The van der Waals surface area contributed by atoms with Crippen molar-refractivity contribution < 1.29 is 23.9 Å². The van der Waals surface area contributed by atoms with Gasteiger partial charge in [-0.3, -0.25) is 15.0 Å². The van der Waals surface area contributed by atoms with Crippen molar-refractivity contribution in [1.29, 1.82) is 0 Å². The monoisotopic (exact) mass is 600 g/mol. The highest BCUT2D eigenvalue weighted by molar-refractivity contribution is 7.15. The number of amides is 2. The molecule has 0 saturated carbocycles. The lowest BCUT2D eigenvalue weighted by Gasteiger charge is -2.16. The van der Waals surface area contributed by atoms with Gasteiger partial charge >= 0.3 is 5.97 Å². The summed E-state index contributed by atoms with van der Waals surface area (Å²) < 4.78 is 11.2. The number of benzene rings is 1. The van der Waals surface area contributed by atoms with Gasteiger partial charge in [0.25, 0.3) is 5.91 Å². The van der Waals surface area contributed by atoms with Crippen LogP contribution in [0.3, 0.4) is 0 Å². The van der Waals surface area contributed by atoms with E-state index in [-0.39, 0.29) is 30.4 Å². The smallest absolute Gasteiger partial charge is 0.341 e. The van der Waals surface area contributed by atoms with Crippen molar-refractivity contribution in [3.8, 4) is 5.75 Å². The summed E-state index contributed by atoms with van der Waals surface area (Å²) in [6.45, 7) is 4.16. The lowest BCUT2D eigenvalue weighted by atomic mass is 10.0. The van der Waals surface area contributed by atoms with E-state index in [0.717, 1.165) is 57.1 Å². The van der Waals surface area contributed by atoms with Gasteiger partial charge in [0.1, 0.15) is 11.3 Å². The van der Waals surface area contributed by atoms with Crippen LogP contribution in [0.25, 0.3) is 0 Å². The van der Waals surface area contributed by atoms with Crippen LogP contribution in [-0.4, -0.2) is 42.5 Å². The molecule has 42 heavy (non-hydrogen) atoms. The number of para-hydroxylation sites is 1. The summed E-state index contributed by atoms with van der Waals surface area (Å²) >= 11 is 1.56. The number of aromatic nitrogens is 1. The molecule has 1 heterocycles. The fourth-order valence-electron chi connectivity index (χ4n) is 4.96. The van der Waals surface area contributed by atoms with Crippen molar-refractivity contribution in [3.05, 3.63) is 40.4 Å². The van der Waals surface area contributed by atoms with Crippen molar-refractivity contribution in [1.82, 2.24) is 15.8 Å². The molecule has 0 saturated heterocycles. The van der Waals surface area contributed by atoms with E-state index in [2.05, 4.69) is 30.0 Å². The zero-order valence-electron chi connectivity index (χ0n) is 25.3. The summed E-state index contributed by atoms with van der Waals surface area (Å²) in [5, 5.41) is 3.46. The third-order valence-electron chi connectivity index (χ3n) is 7.53. The van der Waals surface area contributed by atoms with Gasteiger partial charge in [-0.15, -0.1) is 11.3 Å². The molecule has 0 radical (unpaired) electrons. The zero-order chi connectivity index (χ0) is 30.0. The molecule has 10 heteroatoms. The van der Waals surface area contributed by atoms with Crippen LogP contribution in [-0.2, 0) is 27.2 Å². The Balaban J connectivity index is 1.41. The Morgan fingerprint density at radius 1 is 0.952 bits per heavy atom. The highest BCUT2D eigenvalue weighted by Gasteiger charge is 2.17. The molecule has 3 N–H and O–H groups in total. The van der Waals surface area contributed by atoms with E-state index in [4.69, 9.17) is 14.5 Å². The molecule has 0 bridgehead atoms. The molecule has 3 rings (SSSR count). The van der Waals surface area contributed by atoms with Crippen LogP contribution in [0.4, 0.5) is 5.13 Å². The van der Waals surface area contributed by atoms with Gasteiger partial charge in [-0.05, 0) is 50.2 Å². The number of thiazole rings is 1. The van der Waals surface area contributed by atoms with Gasteiger partial charge in [0, 0.05) is 4.88 Å². The fraction of sp³-hybridized carbons (Fsp3) is 0.625. The molecule has 2 amide bonds. The van der Waals surface area contributed by atoms with Crippen LogP contribution < -0.4 is 20.9 Å². The Bertz CT molecular complexity index is 1090. The largest absolute Gasteiger partial charge is 0.483 e. The second kappa shape index (κ2) is 19.3. The van der Waals surface area contributed by atoms with Crippen LogP contribution >= 0.6 is 11.3 Å². The average Bonchev–Trinajstić information content (AvgIpc) is 3.36. The topological polar surface area (TPSA) is 119 Å². The first-order valence-corrected chi connectivity index (χ1v) is 16.5. The second-order valence-electron chi connectivity index (χ2n) is 11.0. The van der Waals surface area contributed by atoms with E-state index in [1.165, 1.54) is 43.4 Å². The number of fused-ring (bicyclic) bond motifs is 1. The molecule has 1 aromatic heterocycles. The van der Waals surface area contributed by atoms with Gasteiger partial charge in [-0.25, -0.2) is 15.2 Å². The Labute approximate surface area is 254 Å². The van der Waals surface area contributed by atoms with E-state index in [1.54, 1.807) is 35.6 Å². The van der Waals surface area contributed by atoms with Crippen molar-refractivity contribution in [2.75, 3.05) is 25.1 Å². The number of carbonyl (C=O) groups excluding carboxylic acids is 3. The van der Waals surface area contributed by atoms with Crippen molar-refractivity contribution in [3.63, 3.8) is 0 Å². The van der Waals surface area contributed by atoms with Gasteiger partial charge in [0.2, 0.25) is 5.91 Å². The predicted molar refractivity (Wildman–Crippen MR) is 167 cm³/mol. The molecular formula is C32H48N4O5S. The Morgan fingerprint density at radius 3 is 2.40 bits per heavy atom. The molecule has 1 atom stereocenters. The van der Waals surface area contributed by atoms with Gasteiger partial charge in [-0.1, -0.05) is 83.8 Å². The number of esters is 1. The number of hydrazine groups is 1. The molecule has 1 aromatic carbocycles. The first-order chi connectivity index (χ1) is 20.5. The standard InChI is InChI=1S/C32H48N4O5S/c1-3-5-16-24(4-2)22-41-31(39)25-17-14-15-19-27(25)40-23-30(38)36-33-21-29(37)35-32-34-26-18-12-10-8-6-7-9-11-13-20-28(26)42-32/h14-15,17,19,24,33H,3-13,16,18,20-23H2,1-2H3,(H,36,38)(H,34,35,37). The number of hydrogen-bond donors (Lipinski definition) is 3. The lowest BCUT2D eigenvalue weighted by Crippen LogP contribution is -2.44. The molecule has 0 fully saturated rings. The maximum absolute atomic E-state index is 12.7. The molecule has 0 spiro atoms.